The first-order valence-electron chi connectivity index (χ1n) is 8.71. The third kappa shape index (κ3) is 3.66. The number of carbonyl (C=O) groups is 1. The van der Waals surface area contributed by atoms with E-state index in [1.165, 1.54) is 0 Å². The summed E-state index contributed by atoms with van der Waals surface area (Å²) in [7, 11) is 0. The molecule has 0 N–H and O–H groups in total. The molecule has 1 saturated heterocycles. The number of nitrogens with zero attached hydrogens (tertiary/aromatic N) is 3. The highest BCUT2D eigenvalue weighted by molar-refractivity contribution is 5.76. The molecule has 1 aliphatic heterocycles. The van der Waals surface area contributed by atoms with E-state index >= 15 is 0 Å². The molecule has 0 spiro atoms. The standard InChI is InChI=1S/C18H21N3O4/c22-16(20(15-6-7-15)10-13-8-9-24-12-13)11-21-18(23)25-17(19-21)14-4-2-1-3-5-14/h1-5,13,15H,6-12H2/t13-/m0/s1. The van der Waals surface area contributed by atoms with E-state index in [1.807, 2.05) is 35.2 Å². The van der Waals surface area contributed by atoms with Gasteiger partial charge in [-0.05, 0) is 31.4 Å². The lowest BCUT2D eigenvalue weighted by molar-refractivity contribution is -0.133. The smallest absolute Gasteiger partial charge is 0.388 e. The minimum Gasteiger partial charge on any atom is -0.388 e. The van der Waals surface area contributed by atoms with Crippen LogP contribution in [0.4, 0.5) is 0 Å². The molecular formula is C18H21N3O4. The second kappa shape index (κ2) is 6.84. The molecule has 0 bridgehead atoms. The Morgan fingerprint density at radius 3 is 2.72 bits per heavy atom. The van der Waals surface area contributed by atoms with Gasteiger partial charge in [-0.2, -0.15) is 4.68 Å². The summed E-state index contributed by atoms with van der Waals surface area (Å²) in [6.45, 7) is 2.08. The highest BCUT2D eigenvalue weighted by Crippen LogP contribution is 2.29. The van der Waals surface area contributed by atoms with E-state index in [0.29, 0.717) is 30.7 Å². The van der Waals surface area contributed by atoms with Gasteiger partial charge in [-0.15, -0.1) is 5.10 Å². The molecule has 1 aromatic heterocycles. The Balaban J connectivity index is 1.47. The lowest BCUT2D eigenvalue weighted by Gasteiger charge is -2.24. The molecule has 25 heavy (non-hydrogen) atoms. The molecule has 0 radical (unpaired) electrons. The van der Waals surface area contributed by atoms with Gasteiger partial charge in [0.25, 0.3) is 0 Å². The first-order chi connectivity index (χ1) is 12.2. The largest absolute Gasteiger partial charge is 0.437 e. The average Bonchev–Trinajstić information content (AvgIpc) is 3.21. The van der Waals surface area contributed by atoms with E-state index in [9.17, 15) is 9.59 Å². The van der Waals surface area contributed by atoms with Crippen molar-refractivity contribution in [2.75, 3.05) is 19.8 Å². The molecule has 0 unspecified atom stereocenters. The van der Waals surface area contributed by atoms with Gasteiger partial charge in [-0.25, -0.2) is 4.79 Å². The monoisotopic (exact) mass is 343 g/mol. The number of rotatable bonds is 6. The molecule has 4 rings (SSSR count). The molecule has 1 atom stereocenters. The van der Waals surface area contributed by atoms with Crippen molar-refractivity contribution >= 4 is 5.91 Å². The highest BCUT2D eigenvalue weighted by Gasteiger charge is 2.35. The summed E-state index contributed by atoms with van der Waals surface area (Å²) in [5, 5.41) is 4.18. The quantitative estimate of drug-likeness (QED) is 0.795. The van der Waals surface area contributed by atoms with Gasteiger partial charge in [0.15, 0.2) is 0 Å². The van der Waals surface area contributed by atoms with Gasteiger partial charge >= 0.3 is 5.76 Å². The molecule has 1 aliphatic carbocycles. The minimum absolute atomic E-state index is 0.0792. The predicted molar refractivity (Wildman–Crippen MR) is 89.9 cm³/mol. The predicted octanol–water partition coefficient (Wildman–Crippen LogP) is 1.53. The van der Waals surface area contributed by atoms with Crippen molar-refractivity contribution in [2.24, 2.45) is 5.92 Å². The second-order valence-electron chi connectivity index (χ2n) is 6.70. The Bertz CT molecular complexity index is 788. The lowest BCUT2D eigenvalue weighted by Crippen LogP contribution is -2.40. The molecule has 2 aliphatic rings. The summed E-state index contributed by atoms with van der Waals surface area (Å²) in [6.07, 6.45) is 3.04. The average molecular weight is 343 g/mol. The van der Waals surface area contributed by atoms with Gasteiger partial charge in [-0.3, -0.25) is 4.79 Å². The number of aromatic nitrogens is 2. The Labute approximate surface area is 145 Å². The molecule has 1 saturated carbocycles. The van der Waals surface area contributed by atoms with Crippen LogP contribution in [0.25, 0.3) is 11.5 Å². The van der Waals surface area contributed by atoms with E-state index in [2.05, 4.69) is 5.10 Å². The Hall–Kier alpha value is -2.41. The van der Waals surface area contributed by atoms with Gasteiger partial charge in [0.1, 0.15) is 6.54 Å². The summed E-state index contributed by atoms with van der Waals surface area (Å²) >= 11 is 0. The summed E-state index contributed by atoms with van der Waals surface area (Å²) in [4.78, 5) is 26.7. The van der Waals surface area contributed by atoms with Crippen LogP contribution < -0.4 is 5.76 Å². The molecule has 2 aromatic rings. The van der Waals surface area contributed by atoms with Crippen LogP contribution in [0.15, 0.2) is 39.5 Å². The fourth-order valence-corrected chi connectivity index (χ4v) is 3.17. The van der Waals surface area contributed by atoms with Crippen molar-refractivity contribution in [2.45, 2.75) is 31.8 Å². The van der Waals surface area contributed by atoms with Crippen LogP contribution >= 0.6 is 0 Å². The van der Waals surface area contributed by atoms with E-state index in [4.69, 9.17) is 9.15 Å². The highest BCUT2D eigenvalue weighted by atomic mass is 16.5. The van der Waals surface area contributed by atoms with Crippen molar-refractivity contribution in [1.82, 2.24) is 14.7 Å². The maximum absolute atomic E-state index is 12.7. The van der Waals surface area contributed by atoms with Crippen molar-refractivity contribution < 1.29 is 13.9 Å². The summed E-state index contributed by atoms with van der Waals surface area (Å²) in [6, 6.07) is 9.49. The van der Waals surface area contributed by atoms with Crippen LogP contribution in [0.5, 0.6) is 0 Å². The molecule has 1 amide bonds. The summed E-state index contributed by atoms with van der Waals surface area (Å²) in [5.74, 6) is -0.0596. The molecule has 2 fully saturated rings. The Morgan fingerprint density at radius 1 is 1.24 bits per heavy atom. The van der Waals surface area contributed by atoms with E-state index in [1.54, 1.807) is 0 Å². The Morgan fingerprint density at radius 2 is 2.04 bits per heavy atom. The Kier molecular flexibility index (Phi) is 4.40. The van der Waals surface area contributed by atoms with Crippen molar-refractivity contribution in [3.63, 3.8) is 0 Å². The third-order valence-corrected chi connectivity index (χ3v) is 4.70. The van der Waals surface area contributed by atoms with Crippen molar-refractivity contribution in [3.8, 4) is 11.5 Å². The zero-order valence-corrected chi connectivity index (χ0v) is 14.0. The molecule has 132 valence electrons. The van der Waals surface area contributed by atoms with Gasteiger partial charge in [-0.1, -0.05) is 18.2 Å². The first kappa shape index (κ1) is 16.1. The molecule has 7 nitrogen and oxygen atoms in total. The topological polar surface area (TPSA) is 77.6 Å². The SMILES string of the molecule is O=C(Cn1nc(-c2ccccc2)oc1=O)N(C[C@@H]1CCOC1)C1CC1. The van der Waals surface area contributed by atoms with Gasteiger partial charge in [0.05, 0.1) is 6.61 Å². The number of benzene rings is 1. The maximum Gasteiger partial charge on any atom is 0.437 e. The van der Waals surface area contributed by atoms with E-state index in [-0.39, 0.29) is 18.3 Å². The summed E-state index contributed by atoms with van der Waals surface area (Å²) in [5.41, 5.74) is 0.716. The molecular weight excluding hydrogens is 322 g/mol. The number of hydrogen-bond donors (Lipinski definition) is 0. The van der Waals surface area contributed by atoms with Crippen LogP contribution in [0.2, 0.25) is 0 Å². The van der Waals surface area contributed by atoms with E-state index < -0.39 is 5.76 Å². The number of ether oxygens (including phenoxy) is 1. The van der Waals surface area contributed by atoms with E-state index in [0.717, 1.165) is 30.6 Å². The number of amides is 1. The van der Waals surface area contributed by atoms with Crippen LogP contribution in [-0.2, 0) is 16.1 Å². The fraction of sp³-hybridized carbons (Fsp3) is 0.500. The lowest BCUT2D eigenvalue weighted by atomic mass is 10.1. The van der Waals surface area contributed by atoms with Crippen LogP contribution in [-0.4, -0.2) is 46.4 Å². The zero-order valence-electron chi connectivity index (χ0n) is 14.0. The molecule has 2 heterocycles. The summed E-state index contributed by atoms with van der Waals surface area (Å²) < 4.78 is 11.7. The van der Waals surface area contributed by atoms with Gasteiger partial charge in [0.2, 0.25) is 11.8 Å². The third-order valence-electron chi connectivity index (χ3n) is 4.70. The molecule has 7 heteroatoms. The van der Waals surface area contributed by atoms with Gasteiger partial charge < -0.3 is 14.1 Å². The van der Waals surface area contributed by atoms with Crippen LogP contribution in [0.1, 0.15) is 19.3 Å². The second-order valence-corrected chi connectivity index (χ2v) is 6.70. The van der Waals surface area contributed by atoms with Crippen LogP contribution in [0.3, 0.4) is 0 Å². The first-order valence-corrected chi connectivity index (χ1v) is 8.71. The normalized spacial score (nSPS) is 19.9. The van der Waals surface area contributed by atoms with Crippen LogP contribution in [0, 0.1) is 5.92 Å². The fourth-order valence-electron chi connectivity index (χ4n) is 3.17. The van der Waals surface area contributed by atoms with Crippen molar-refractivity contribution in [3.05, 3.63) is 40.9 Å². The maximum atomic E-state index is 12.7. The van der Waals surface area contributed by atoms with Crippen molar-refractivity contribution in [1.29, 1.82) is 0 Å². The van der Waals surface area contributed by atoms with Gasteiger partial charge in [0, 0.05) is 30.7 Å². The molecule has 1 aromatic carbocycles. The minimum atomic E-state index is -0.604. The zero-order chi connectivity index (χ0) is 17.2. The number of carbonyl (C=O) groups excluding carboxylic acids is 1. The number of hydrogen-bond acceptors (Lipinski definition) is 5.